The molecule has 5 heteroatoms. The summed E-state index contributed by atoms with van der Waals surface area (Å²) in [4.78, 5) is 9.55. The van der Waals surface area contributed by atoms with Crippen molar-refractivity contribution in [2.75, 3.05) is 5.73 Å². The second-order valence-corrected chi connectivity index (χ2v) is 4.91. The number of benzene rings is 1. The van der Waals surface area contributed by atoms with Crippen molar-refractivity contribution in [3.63, 3.8) is 0 Å². The number of anilines is 1. The lowest BCUT2D eigenvalue weighted by atomic mass is 10.2. The van der Waals surface area contributed by atoms with Crippen LogP contribution in [0, 0.1) is 25.2 Å². The van der Waals surface area contributed by atoms with Crippen LogP contribution in [-0.4, -0.2) is 9.97 Å². The molecule has 0 radical (unpaired) electrons. The zero-order valence-corrected chi connectivity index (χ0v) is 11.0. The second-order valence-electron chi connectivity index (χ2n) is 3.90. The van der Waals surface area contributed by atoms with E-state index in [4.69, 9.17) is 11.0 Å². The lowest BCUT2D eigenvalue weighted by Crippen LogP contribution is -1.94. The van der Waals surface area contributed by atoms with Crippen molar-refractivity contribution < 1.29 is 0 Å². The summed E-state index contributed by atoms with van der Waals surface area (Å²) in [7, 11) is 0. The highest BCUT2D eigenvalue weighted by Crippen LogP contribution is 2.30. The monoisotopic (exact) mass is 256 g/mol. The molecular formula is C13H12N4S. The largest absolute Gasteiger partial charge is 0.398 e. The van der Waals surface area contributed by atoms with E-state index in [0.29, 0.717) is 16.4 Å². The number of hydrogen-bond acceptors (Lipinski definition) is 5. The van der Waals surface area contributed by atoms with E-state index in [9.17, 15) is 0 Å². The first-order valence-corrected chi connectivity index (χ1v) is 6.20. The molecular weight excluding hydrogens is 244 g/mol. The van der Waals surface area contributed by atoms with Crippen LogP contribution in [-0.2, 0) is 0 Å². The topological polar surface area (TPSA) is 75.6 Å². The van der Waals surface area contributed by atoms with E-state index in [-0.39, 0.29) is 0 Å². The molecule has 0 aliphatic heterocycles. The lowest BCUT2D eigenvalue weighted by molar-refractivity contribution is 0.902. The Balaban J connectivity index is 2.31. The molecule has 0 atom stereocenters. The van der Waals surface area contributed by atoms with Crippen LogP contribution in [0.1, 0.15) is 17.0 Å². The Kier molecular flexibility index (Phi) is 3.49. The van der Waals surface area contributed by atoms with Gasteiger partial charge in [0.25, 0.3) is 0 Å². The van der Waals surface area contributed by atoms with E-state index in [0.717, 1.165) is 16.3 Å². The molecule has 1 aromatic heterocycles. The van der Waals surface area contributed by atoms with Crippen LogP contribution in [0.15, 0.2) is 34.3 Å². The highest BCUT2D eigenvalue weighted by Gasteiger charge is 2.06. The number of nitrogen functional groups attached to an aromatic ring is 1. The van der Waals surface area contributed by atoms with Crippen LogP contribution in [0.5, 0.6) is 0 Å². The highest BCUT2D eigenvalue weighted by molar-refractivity contribution is 7.99. The first-order valence-electron chi connectivity index (χ1n) is 5.38. The number of aryl methyl sites for hydroxylation is 2. The minimum atomic E-state index is 0.554. The SMILES string of the molecule is Cc1cc(C)nc(Sc2ccc(C#N)cc2N)n1. The summed E-state index contributed by atoms with van der Waals surface area (Å²) in [6, 6.07) is 9.19. The van der Waals surface area contributed by atoms with Crippen LogP contribution < -0.4 is 5.73 Å². The Morgan fingerprint density at radius 2 is 1.83 bits per heavy atom. The average Bonchev–Trinajstić information content (AvgIpc) is 2.30. The third-order valence-electron chi connectivity index (χ3n) is 2.30. The molecule has 2 rings (SSSR count). The summed E-state index contributed by atoms with van der Waals surface area (Å²) in [5, 5.41) is 9.45. The lowest BCUT2D eigenvalue weighted by Gasteiger charge is -2.05. The summed E-state index contributed by atoms with van der Waals surface area (Å²) in [5.41, 5.74) is 8.87. The van der Waals surface area contributed by atoms with Crippen molar-refractivity contribution >= 4 is 17.4 Å². The molecule has 4 nitrogen and oxygen atoms in total. The molecule has 0 unspecified atom stereocenters. The molecule has 0 fully saturated rings. The van der Waals surface area contributed by atoms with Gasteiger partial charge in [-0.2, -0.15) is 5.26 Å². The van der Waals surface area contributed by atoms with Crippen molar-refractivity contribution in [3.05, 3.63) is 41.2 Å². The minimum absolute atomic E-state index is 0.554. The van der Waals surface area contributed by atoms with E-state index >= 15 is 0 Å². The fourth-order valence-electron chi connectivity index (χ4n) is 1.55. The van der Waals surface area contributed by atoms with Gasteiger partial charge in [-0.1, -0.05) is 0 Å². The van der Waals surface area contributed by atoms with Crippen LogP contribution in [0.4, 0.5) is 5.69 Å². The first kappa shape index (κ1) is 12.4. The van der Waals surface area contributed by atoms with Crippen LogP contribution in [0.2, 0.25) is 0 Å². The minimum Gasteiger partial charge on any atom is -0.398 e. The third-order valence-corrected chi connectivity index (χ3v) is 3.26. The molecule has 0 aliphatic carbocycles. The predicted molar refractivity (Wildman–Crippen MR) is 71.2 cm³/mol. The average molecular weight is 256 g/mol. The quantitative estimate of drug-likeness (QED) is 0.660. The van der Waals surface area contributed by atoms with Gasteiger partial charge in [0.15, 0.2) is 5.16 Å². The maximum absolute atomic E-state index is 8.78. The van der Waals surface area contributed by atoms with Crippen molar-refractivity contribution in [3.8, 4) is 6.07 Å². The van der Waals surface area contributed by atoms with Crippen molar-refractivity contribution in [1.29, 1.82) is 5.26 Å². The van der Waals surface area contributed by atoms with Crippen LogP contribution in [0.3, 0.4) is 0 Å². The smallest absolute Gasteiger partial charge is 0.192 e. The molecule has 18 heavy (non-hydrogen) atoms. The van der Waals surface area contributed by atoms with E-state index in [1.807, 2.05) is 26.0 Å². The molecule has 0 saturated heterocycles. The van der Waals surface area contributed by atoms with Gasteiger partial charge >= 0.3 is 0 Å². The Bertz CT molecular complexity index is 611. The second kappa shape index (κ2) is 5.07. The van der Waals surface area contributed by atoms with Gasteiger partial charge in [0.2, 0.25) is 0 Å². The van der Waals surface area contributed by atoms with E-state index in [1.165, 1.54) is 11.8 Å². The fourth-order valence-corrected chi connectivity index (χ4v) is 2.44. The van der Waals surface area contributed by atoms with Crippen LogP contribution in [0.25, 0.3) is 0 Å². The van der Waals surface area contributed by atoms with Gasteiger partial charge in [0.05, 0.1) is 11.6 Å². The molecule has 0 spiro atoms. The summed E-state index contributed by atoms with van der Waals surface area (Å²) < 4.78 is 0. The normalized spacial score (nSPS) is 10.1. The Labute approximate surface area is 110 Å². The maximum Gasteiger partial charge on any atom is 0.192 e. The molecule has 2 N–H and O–H groups in total. The number of nitrogens with zero attached hydrogens (tertiary/aromatic N) is 3. The zero-order valence-electron chi connectivity index (χ0n) is 10.1. The number of nitrogens with two attached hydrogens (primary N) is 1. The Morgan fingerprint density at radius 1 is 1.17 bits per heavy atom. The van der Waals surface area contributed by atoms with E-state index in [2.05, 4.69) is 16.0 Å². The van der Waals surface area contributed by atoms with Crippen molar-refractivity contribution in [2.45, 2.75) is 23.9 Å². The molecule has 0 bridgehead atoms. The predicted octanol–water partition coefficient (Wildman–Crippen LogP) is 2.70. The molecule has 1 heterocycles. The molecule has 0 amide bonds. The Hall–Kier alpha value is -2.06. The Morgan fingerprint density at radius 3 is 2.39 bits per heavy atom. The number of nitriles is 1. The molecule has 90 valence electrons. The van der Waals surface area contributed by atoms with Gasteiger partial charge < -0.3 is 5.73 Å². The first-order chi connectivity index (χ1) is 8.58. The molecule has 2 aromatic rings. The van der Waals surface area contributed by atoms with Gasteiger partial charge in [0, 0.05) is 22.0 Å². The summed E-state index contributed by atoms with van der Waals surface area (Å²) in [6.07, 6.45) is 0. The van der Waals surface area contributed by atoms with Gasteiger partial charge in [-0.25, -0.2) is 9.97 Å². The fraction of sp³-hybridized carbons (Fsp3) is 0.154. The number of aromatic nitrogens is 2. The number of rotatable bonds is 2. The van der Waals surface area contributed by atoms with E-state index in [1.54, 1.807) is 12.1 Å². The third kappa shape index (κ3) is 2.79. The van der Waals surface area contributed by atoms with Gasteiger partial charge in [-0.05, 0) is 49.9 Å². The van der Waals surface area contributed by atoms with Gasteiger partial charge in [0.1, 0.15) is 0 Å². The summed E-state index contributed by atoms with van der Waals surface area (Å²) >= 11 is 1.41. The van der Waals surface area contributed by atoms with E-state index < -0.39 is 0 Å². The summed E-state index contributed by atoms with van der Waals surface area (Å²) in [5.74, 6) is 0. The van der Waals surface area contributed by atoms with Gasteiger partial charge in [-0.3, -0.25) is 0 Å². The van der Waals surface area contributed by atoms with Gasteiger partial charge in [-0.15, -0.1) is 0 Å². The highest BCUT2D eigenvalue weighted by atomic mass is 32.2. The summed E-state index contributed by atoms with van der Waals surface area (Å²) in [6.45, 7) is 3.86. The van der Waals surface area contributed by atoms with Crippen LogP contribution >= 0.6 is 11.8 Å². The number of hydrogen-bond donors (Lipinski definition) is 1. The zero-order chi connectivity index (χ0) is 13.1. The van der Waals surface area contributed by atoms with Crippen molar-refractivity contribution in [2.24, 2.45) is 0 Å². The standard InChI is InChI=1S/C13H12N4S/c1-8-5-9(2)17-13(16-8)18-12-4-3-10(7-14)6-11(12)15/h3-6H,15H2,1-2H3. The molecule has 1 aromatic carbocycles. The maximum atomic E-state index is 8.78. The molecule has 0 saturated carbocycles. The van der Waals surface area contributed by atoms with Crippen molar-refractivity contribution in [1.82, 2.24) is 9.97 Å². The molecule has 0 aliphatic rings.